The van der Waals surface area contributed by atoms with Crippen molar-refractivity contribution in [1.82, 2.24) is 9.55 Å². The van der Waals surface area contributed by atoms with E-state index >= 15 is 0 Å². The highest BCUT2D eigenvalue weighted by Gasteiger charge is 2.20. The summed E-state index contributed by atoms with van der Waals surface area (Å²) in [7, 11) is 0. The lowest BCUT2D eigenvalue weighted by Crippen LogP contribution is -2.27. The number of rotatable bonds is 3. The van der Waals surface area contributed by atoms with E-state index < -0.39 is 17.3 Å². The minimum atomic E-state index is -0.749. The fourth-order valence-electron chi connectivity index (χ4n) is 2.33. The molecule has 0 aliphatic rings. The van der Waals surface area contributed by atoms with E-state index in [0.717, 1.165) is 10.6 Å². The van der Waals surface area contributed by atoms with Gasteiger partial charge in [-0.05, 0) is 37.3 Å². The summed E-state index contributed by atoms with van der Waals surface area (Å²) in [4.78, 5) is 29.3. The second-order valence-electron chi connectivity index (χ2n) is 4.91. The molecule has 0 saturated heterocycles. The third kappa shape index (κ3) is 2.76. The molecule has 0 fully saturated rings. The van der Waals surface area contributed by atoms with E-state index in [1.54, 1.807) is 31.2 Å². The number of nitrogens with zero attached hydrogens (tertiary/aromatic N) is 2. The van der Waals surface area contributed by atoms with Gasteiger partial charge in [0.25, 0.3) is 5.56 Å². The fourth-order valence-corrected chi connectivity index (χ4v) is 2.50. The monoisotopic (exact) mass is 346 g/mol. The maximum Gasteiger partial charge on any atom is 0.375 e. The predicted molar refractivity (Wildman–Crippen MR) is 88.3 cm³/mol. The molecule has 0 radical (unpaired) electrons. The first-order valence-electron chi connectivity index (χ1n) is 7.17. The van der Waals surface area contributed by atoms with Gasteiger partial charge in [0.05, 0.1) is 28.2 Å². The zero-order chi connectivity index (χ0) is 17.3. The lowest BCUT2D eigenvalue weighted by molar-refractivity contribution is 0.0508. The minimum absolute atomic E-state index is 0.131. The second kappa shape index (κ2) is 6.41. The topological polar surface area (TPSA) is 61.2 Å². The third-order valence-electron chi connectivity index (χ3n) is 3.40. The quantitative estimate of drug-likeness (QED) is 0.682. The molecule has 1 aromatic heterocycles. The zero-order valence-electron chi connectivity index (χ0n) is 12.6. The van der Waals surface area contributed by atoms with Gasteiger partial charge in [0, 0.05) is 0 Å². The van der Waals surface area contributed by atoms with E-state index in [9.17, 15) is 14.0 Å². The third-order valence-corrected chi connectivity index (χ3v) is 3.68. The molecule has 2 aromatic carbocycles. The Kier molecular flexibility index (Phi) is 4.31. The first-order valence-corrected chi connectivity index (χ1v) is 7.55. The van der Waals surface area contributed by atoms with E-state index in [1.165, 1.54) is 12.1 Å². The van der Waals surface area contributed by atoms with E-state index in [0.29, 0.717) is 10.9 Å². The molecular formula is C17H12ClFN2O3. The summed E-state index contributed by atoms with van der Waals surface area (Å²) in [6.07, 6.45) is 0. The molecule has 0 atom stereocenters. The molecule has 3 rings (SSSR count). The molecular weight excluding hydrogens is 335 g/mol. The fraction of sp³-hybridized carbons (Fsp3) is 0.118. The molecule has 0 saturated carbocycles. The summed E-state index contributed by atoms with van der Waals surface area (Å²) in [6.45, 7) is 1.78. The molecule has 122 valence electrons. The number of para-hydroxylation sites is 1. The van der Waals surface area contributed by atoms with Crippen LogP contribution in [0.25, 0.3) is 16.6 Å². The Hall–Kier alpha value is -2.73. The van der Waals surface area contributed by atoms with Gasteiger partial charge in [-0.25, -0.2) is 14.2 Å². The molecule has 0 bridgehead atoms. The van der Waals surface area contributed by atoms with Crippen LogP contribution in [-0.4, -0.2) is 22.1 Å². The Morgan fingerprint density at radius 1 is 1.29 bits per heavy atom. The van der Waals surface area contributed by atoms with Gasteiger partial charge in [0.1, 0.15) is 5.82 Å². The van der Waals surface area contributed by atoms with E-state index in [1.807, 2.05) is 0 Å². The molecule has 0 N–H and O–H groups in total. The number of hydrogen-bond donors (Lipinski definition) is 0. The van der Waals surface area contributed by atoms with Crippen molar-refractivity contribution < 1.29 is 13.9 Å². The molecule has 0 aliphatic carbocycles. The van der Waals surface area contributed by atoms with Gasteiger partial charge in [0.15, 0.2) is 0 Å². The summed E-state index contributed by atoms with van der Waals surface area (Å²) in [6, 6.07) is 10.4. The van der Waals surface area contributed by atoms with Gasteiger partial charge in [-0.2, -0.15) is 0 Å². The lowest BCUT2D eigenvalue weighted by atomic mass is 10.2. The van der Waals surface area contributed by atoms with Crippen molar-refractivity contribution in [3.8, 4) is 5.69 Å². The van der Waals surface area contributed by atoms with Crippen molar-refractivity contribution in [3.05, 3.63) is 69.5 Å². The van der Waals surface area contributed by atoms with Gasteiger partial charge in [-0.1, -0.05) is 23.7 Å². The number of fused-ring (bicyclic) bond motifs is 1. The predicted octanol–water partition coefficient (Wildman–Crippen LogP) is 3.35. The van der Waals surface area contributed by atoms with Gasteiger partial charge >= 0.3 is 5.97 Å². The van der Waals surface area contributed by atoms with Gasteiger partial charge in [0.2, 0.25) is 5.82 Å². The smallest absolute Gasteiger partial charge is 0.375 e. The number of benzene rings is 2. The Balaban J connectivity index is 2.36. The van der Waals surface area contributed by atoms with Crippen molar-refractivity contribution in [3.63, 3.8) is 0 Å². The highest BCUT2D eigenvalue weighted by molar-refractivity contribution is 6.30. The zero-order valence-corrected chi connectivity index (χ0v) is 13.4. The van der Waals surface area contributed by atoms with Crippen LogP contribution in [0.1, 0.15) is 17.5 Å². The molecule has 1 heterocycles. The number of carbonyl (C=O) groups is 1. The number of aromatic nitrogens is 2. The van der Waals surface area contributed by atoms with Crippen LogP contribution in [-0.2, 0) is 4.74 Å². The van der Waals surface area contributed by atoms with Crippen LogP contribution in [0.4, 0.5) is 4.39 Å². The van der Waals surface area contributed by atoms with Crippen LogP contribution in [0.5, 0.6) is 0 Å². The molecule has 7 heteroatoms. The molecule has 0 aliphatic heterocycles. The Morgan fingerprint density at radius 2 is 2.04 bits per heavy atom. The normalized spacial score (nSPS) is 10.8. The lowest BCUT2D eigenvalue weighted by Gasteiger charge is -2.13. The number of hydrogen-bond acceptors (Lipinski definition) is 4. The van der Waals surface area contributed by atoms with Crippen LogP contribution >= 0.6 is 11.6 Å². The first kappa shape index (κ1) is 16.1. The average molecular weight is 347 g/mol. The molecule has 0 spiro atoms. The van der Waals surface area contributed by atoms with Crippen molar-refractivity contribution in [2.45, 2.75) is 6.92 Å². The van der Waals surface area contributed by atoms with Crippen LogP contribution in [0.2, 0.25) is 5.02 Å². The van der Waals surface area contributed by atoms with Crippen molar-refractivity contribution in [2.24, 2.45) is 0 Å². The number of carbonyl (C=O) groups excluding carboxylic acids is 1. The molecule has 5 nitrogen and oxygen atoms in total. The SMILES string of the molecule is CCOC(=O)c1nc2ccccc2c(=O)n1-c1ccc(F)c(Cl)c1. The van der Waals surface area contributed by atoms with E-state index in [4.69, 9.17) is 16.3 Å². The maximum absolute atomic E-state index is 13.4. The largest absolute Gasteiger partial charge is 0.460 e. The number of ether oxygens (including phenoxy) is 1. The summed E-state index contributed by atoms with van der Waals surface area (Å²) < 4.78 is 19.5. The van der Waals surface area contributed by atoms with Gasteiger partial charge in [-0.15, -0.1) is 0 Å². The highest BCUT2D eigenvalue weighted by Crippen LogP contribution is 2.20. The van der Waals surface area contributed by atoms with Gasteiger partial charge < -0.3 is 4.74 Å². The Morgan fingerprint density at radius 3 is 2.75 bits per heavy atom. The summed E-state index contributed by atoms with van der Waals surface area (Å²) >= 11 is 5.80. The standard InChI is InChI=1S/C17H12ClFN2O3/c1-2-24-17(23)15-20-14-6-4-3-5-11(14)16(22)21(15)10-7-8-13(19)12(18)9-10/h3-9H,2H2,1H3. The number of esters is 1. The first-order chi connectivity index (χ1) is 11.5. The molecule has 3 aromatic rings. The van der Waals surface area contributed by atoms with E-state index in [2.05, 4.69) is 4.98 Å². The average Bonchev–Trinajstić information content (AvgIpc) is 2.58. The summed E-state index contributed by atoms with van der Waals surface area (Å²) in [5, 5.41) is 0.161. The van der Waals surface area contributed by atoms with E-state index in [-0.39, 0.29) is 23.1 Å². The highest BCUT2D eigenvalue weighted by atomic mass is 35.5. The van der Waals surface area contributed by atoms with Crippen LogP contribution < -0.4 is 5.56 Å². The summed E-state index contributed by atoms with van der Waals surface area (Å²) in [5.74, 6) is -1.57. The summed E-state index contributed by atoms with van der Waals surface area (Å²) in [5.41, 5.74) is 0.133. The Bertz CT molecular complexity index is 1000. The Labute approximate surface area is 141 Å². The van der Waals surface area contributed by atoms with Crippen molar-refractivity contribution in [2.75, 3.05) is 6.61 Å². The number of halogens is 2. The minimum Gasteiger partial charge on any atom is -0.460 e. The molecule has 0 unspecified atom stereocenters. The van der Waals surface area contributed by atoms with Crippen LogP contribution in [0.15, 0.2) is 47.3 Å². The van der Waals surface area contributed by atoms with Crippen molar-refractivity contribution in [1.29, 1.82) is 0 Å². The molecule has 24 heavy (non-hydrogen) atoms. The van der Waals surface area contributed by atoms with Crippen molar-refractivity contribution >= 4 is 28.5 Å². The van der Waals surface area contributed by atoms with Crippen LogP contribution in [0.3, 0.4) is 0 Å². The molecule has 0 amide bonds. The maximum atomic E-state index is 13.4. The van der Waals surface area contributed by atoms with Gasteiger partial charge in [-0.3, -0.25) is 9.36 Å². The second-order valence-corrected chi connectivity index (χ2v) is 5.32. The van der Waals surface area contributed by atoms with Crippen LogP contribution in [0, 0.1) is 5.82 Å².